The molecule has 3 aromatic carbocycles. The van der Waals surface area contributed by atoms with E-state index in [1.807, 2.05) is 24.3 Å². The molecule has 0 spiro atoms. The zero-order valence-electron chi connectivity index (χ0n) is 75.4. The molecule has 11 aromatic heterocycles. The fourth-order valence-corrected chi connectivity index (χ4v) is 15.9. The van der Waals surface area contributed by atoms with Crippen LogP contribution < -0.4 is 79.3 Å². The molecule has 1 aliphatic rings. The summed E-state index contributed by atoms with van der Waals surface area (Å²) in [6, 6.07) is 23.2. The fourth-order valence-electron chi connectivity index (χ4n) is 15.6. The van der Waals surface area contributed by atoms with Crippen LogP contribution in [0.4, 0.5) is 68.9 Å². The number of halogens is 1. The zero-order valence-corrected chi connectivity index (χ0v) is 76.2. The van der Waals surface area contributed by atoms with Gasteiger partial charge in [-0.25, -0.2) is 24.9 Å². The number of amides is 15. The van der Waals surface area contributed by atoms with Crippen molar-refractivity contribution in [3.05, 3.63) is 216 Å². The minimum atomic E-state index is -0.740. The van der Waals surface area contributed by atoms with Crippen LogP contribution >= 0.6 is 11.6 Å². The third-order valence-corrected chi connectivity index (χ3v) is 22.4. The van der Waals surface area contributed by atoms with Crippen LogP contribution in [0.1, 0.15) is 160 Å². The summed E-state index contributed by atoms with van der Waals surface area (Å²) < 4.78 is 14.4. The Bertz CT molecular complexity index is 7290. The summed E-state index contributed by atoms with van der Waals surface area (Å²) >= 11 is 6.43. The van der Waals surface area contributed by atoms with Crippen LogP contribution in [0.2, 0.25) is 0 Å². The number of hydrogen-bond acceptors (Lipinski definition) is 21. The molecule has 16 N–H and O–H groups in total. The largest absolute Gasteiger partial charge is 0.507 e. The highest BCUT2D eigenvalue weighted by Gasteiger charge is 2.37. The molecule has 0 fully saturated rings. The molecule has 15 amide bonds. The molecular weight excluding hydrogens is 1790 g/mol. The number of benzene rings is 3. The average molecular weight is 1890 g/mol. The van der Waals surface area contributed by atoms with Crippen LogP contribution in [0.3, 0.4) is 0 Å². The summed E-state index contributed by atoms with van der Waals surface area (Å²) in [6.45, 7) is 1.46. The molecule has 12 heterocycles. The van der Waals surface area contributed by atoms with Crippen molar-refractivity contribution in [3.63, 3.8) is 0 Å². The van der Waals surface area contributed by atoms with Gasteiger partial charge in [-0.15, -0.1) is 11.6 Å². The molecule has 0 aliphatic carbocycles. The molecule has 0 saturated carbocycles. The highest BCUT2D eigenvalue weighted by molar-refractivity contribution is 6.20. The predicted molar refractivity (Wildman–Crippen MR) is 503 cm³/mol. The van der Waals surface area contributed by atoms with Gasteiger partial charge in [0.15, 0.2) is 29.1 Å². The molecule has 1 atom stereocenters. The van der Waals surface area contributed by atoms with E-state index in [0.717, 1.165) is 10.9 Å². The molecule has 137 heavy (non-hydrogen) atoms. The molecule has 15 rings (SSSR count). The molecule has 14 aromatic rings. The van der Waals surface area contributed by atoms with E-state index in [4.69, 9.17) is 11.6 Å². The van der Waals surface area contributed by atoms with Crippen molar-refractivity contribution < 1.29 is 77.0 Å². The Kier molecular flexibility index (Phi) is 26.8. The van der Waals surface area contributed by atoms with E-state index < -0.39 is 76.8 Å². The molecule has 1 aliphatic heterocycles. The molecule has 47 nitrogen and oxygen atoms in total. The van der Waals surface area contributed by atoms with Gasteiger partial charge >= 0.3 is 0 Å². The summed E-state index contributed by atoms with van der Waals surface area (Å²) in [5.41, 5.74) is 5.01. The first-order valence-electron chi connectivity index (χ1n) is 42.3. The number of aromatic hydroxyl groups is 1. The molecule has 0 radical (unpaired) electrons. The maximum atomic E-state index is 14.1. The number of nitrogens with one attached hydrogen (secondary N) is 15. The number of alkyl halides is 1. The van der Waals surface area contributed by atoms with Crippen LogP contribution in [0, 0.1) is 0 Å². The second kappa shape index (κ2) is 39.2. The number of aromatic nitrogens is 16. The summed E-state index contributed by atoms with van der Waals surface area (Å²) in [6.07, 6.45) is 14.5. The smallest absolute Gasteiger partial charge is 0.292 e. The van der Waals surface area contributed by atoms with Crippen molar-refractivity contribution in [2.24, 2.45) is 70.5 Å². The minimum Gasteiger partial charge on any atom is -0.507 e. The van der Waals surface area contributed by atoms with Crippen molar-refractivity contribution in [2.75, 3.05) is 95.4 Å². The lowest BCUT2D eigenvalue weighted by atomic mass is 9.95. The van der Waals surface area contributed by atoms with Crippen molar-refractivity contribution in [1.82, 2.24) is 91.5 Å². The number of nitrogens with zero attached hydrogens (tertiary/aromatic N) is 16. The Labute approximate surface area is 781 Å². The SMILES string of the molecule is CC(=O)Nc1cn(C)c(C(=O)Nc2cc(C(=O)NCCC(=O)Nc3cn(C)c(C(=O)Nc4cn(C)c(C(=O)Nc5cc(C(=O)Nc6cn(C)c(C(=O)NCCCC(=O)Nc7cc(C(=O)Nc8cn(C)c(C(=O)NCCC(=O)Nc9cc(C(=O)Nc%10cc(C(=O)Nc%11ccc%12[nH]c(C(=O)N%13CC(CCl)c%14c%13cc(O)c%13ccccc%14%13)cc%12c%11)n(C)c%10)n(C)c9)n8)n(C)c7)n6)n(C)c5)n4)n3)n(C)c2)n1. The van der Waals surface area contributed by atoms with Gasteiger partial charge < -0.3 is 135 Å². The molecule has 0 saturated heterocycles. The number of carbonyl (C=O) groups is 15. The summed E-state index contributed by atoms with van der Waals surface area (Å²) in [5.74, 6) is -8.28. The van der Waals surface area contributed by atoms with Gasteiger partial charge in [0.05, 0.1) is 34.1 Å². The topological polar surface area (TPSA) is 577 Å². The number of phenols is 1. The number of anilines is 12. The lowest BCUT2D eigenvalue weighted by molar-refractivity contribution is -0.117. The Morgan fingerprint density at radius 1 is 0.365 bits per heavy atom. The number of aryl methyl sites for hydroxylation is 10. The Morgan fingerprint density at radius 2 is 0.723 bits per heavy atom. The highest BCUT2D eigenvalue weighted by atomic mass is 35.5. The first-order valence-corrected chi connectivity index (χ1v) is 42.8. The van der Waals surface area contributed by atoms with Crippen LogP contribution in [-0.4, -0.2) is 201 Å². The van der Waals surface area contributed by atoms with E-state index in [-0.39, 0.29) is 184 Å². The fraction of sp³-hybridized carbons (Fsp3) is 0.236. The van der Waals surface area contributed by atoms with Crippen molar-refractivity contribution >= 4 is 191 Å². The van der Waals surface area contributed by atoms with E-state index in [9.17, 15) is 77.0 Å². The number of fused-ring (bicyclic) bond motifs is 4. The van der Waals surface area contributed by atoms with Crippen LogP contribution in [0.25, 0.3) is 21.7 Å². The molecule has 1 unspecified atom stereocenters. The number of hydrogen-bond donors (Lipinski definition) is 16. The molecule has 48 heteroatoms. The van der Waals surface area contributed by atoms with Gasteiger partial charge in [-0.05, 0) is 72.0 Å². The van der Waals surface area contributed by atoms with Gasteiger partial charge in [0, 0.05) is 225 Å². The predicted octanol–water partition coefficient (Wildman–Crippen LogP) is 6.76. The van der Waals surface area contributed by atoms with Gasteiger partial charge in [-0.3, -0.25) is 71.9 Å². The van der Waals surface area contributed by atoms with E-state index in [1.54, 1.807) is 95.3 Å². The number of rotatable bonds is 33. The van der Waals surface area contributed by atoms with Crippen LogP contribution in [0.15, 0.2) is 147 Å². The second-order valence-corrected chi connectivity index (χ2v) is 32.7. The Hall–Kier alpha value is -18.0. The Morgan fingerprint density at radius 3 is 1.18 bits per heavy atom. The Balaban J connectivity index is 0.445. The monoisotopic (exact) mass is 1890 g/mol. The number of phenolic OH excluding ortho intramolecular Hbond substituents is 1. The standard InChI is InChI=1S/C89H92ClN31O16/c1-45(122)94-65-40-118(9)76(103-65)86(134)99-52-29-59(111(2)38-52)79(127)92-23-21-72(126)102-66-41-119(10)78(104-66)88(136)110-69-44-120(11)77(107-69)87(135)100-53-31-63(115(6)39-53)83(131)109-67-42-116(7)74(105-67)84(132)91-22-14-17-70(124)95-49-28-62(113(4)35-49)82(130)108-68-43-117(8)75(106-68)85(133)93-24-20-71(125)96-50-27-60(112(3)36-50)81(129)98-51-30-61(114(5)37-51)80(128)97-48-18-19-56-46(25-48)26-57(101-56)89(137)121-34-47(33-90)73-55-16-13-12-15-54(55)64(123)32-58(73)121/h12-13,15-16,18-19,25-32,35-44,47,101,123H,14,17,20-24,33-34H2,1-11H3,(H,91,132)(H,92,127)(H,93,133)(H,94,122)(H,95,124)(H,96,125)(H,97,128)(H,98,129)(H,99,134)(H,100,135)(H,102,126)(H,108,130)(H,109,131)(H,110,136). The molecular formula is C89H92ClN31O16. The normalized spacial score (nSPS) is 12.1. The van der Waals surface area contributed by atoms with E-state index in [2.05, 4.69) is 104 Å². The lowest BCUT2D eigenvalue weighted by Crippen LogP contribution is -2.30. The van der Waals surface area contributed by atoms with E-state index in [0.29, 0.717) is 45.6 Å². The van der Waals surface area contributed by atoms with Crippen molar-refractivity contribution in [2.45, 2.75) is 38.5 Å². The van der Waals surface area contributed by atoms with Gasteiger partial charge in [0.25, 0.3) is 65.0 Å². The summed E-state index contributed by atoms with van der Waals surface area (Å²) in [5, 5.41) is 50.6. The number of imidazole rings is 5. The number of aromatic amines is 1. The second-order valence-electron chi connectivity index (χ2n) is 32.4. The highest BCUT2D eigenvalue weighted by Crippen LogP contribution is 2.46. The number of carbonyl (C=O) groups excluding carboxylic acids is 15. The van der Waals surface area contributed by atoms with Crippen LogP contribution in [-0.2, 0) is 89.7 Å². The van der Waals surface area contributed by atoms with Crippen molar-refractivity contribution in [3.8, 4) is 5.75 Å². The van der Waals surface area contributed by atoms with Crippen LogP contribution in [0.5, 0.6) is 5.75 Å². The van der Waals surface area contributed by atoms with Gasteiger partial charge in [-0.2, -0.15) is 0 Å². The maximum absolute atomic E-state index is 14.1. The minimum absolute atomic E-state index is 0.00981. The van der Waals surface area contributed by atoms with Gasteiger partial charge in [0.2, 0.25) is 52.8 Å². The molecule has 0 bridgehead atoms. The van der Waals surface area contributed by atoms with Gasteiger partial charge in [0.1, 0.15) is 39.9 Å². The quantitative estimate of drug-likeness (QED) is 0.0149. The van der Waals surface area contributed by atoms with Gasteiger partial charge in [-0.1, -0.05) is 24.3 Å². The van der Waals surface area contributed by atoms with E-state index >= 15 is 0 Å². The third-order valence-electron chi connectivity index (χ3n) is 22.0. The third kappa shape index (κ3) is 21.0. The summed E-state index contributed by atoms with van der Waals surface area (Å²) in [7, 11) is 15.7. The molecule has 706 valence electrons. The average Bonchev–Trinajstić information content (AvgIpc) is 1.59. The number of H-pyrrole nitrogens is 1. The zero-order chi connectivity index (χ0) is 97.8. The van der Waals surface area contributed by atoms with Crippen molar-refractivity contribution in [1.29, 1.82) is 0 Å². The maximum Gasteiger partial charge on any atom is 0.292 e. The summed E-state index contributed by atoms with van der Waals surface area (Å²) in [4.78, 5) is 225. The first kappa shape index (κ1) is 93.7. The lowest BCUT2D eigenvalue weighted by Gasteiger charge is -2.17. The van der Waals surface area contributed by atoms with E-state index in [1.165, 1.54) is 155 Å². The first-order chi connectivity index (χ1) is 65.3.